The monoisotopic (exact) mass is 1120 g/mol. The zero-order valence-electron chi connectivity index (χ0n) is 53.6. The molecule has 80 heavy (non-hydrogen) atoms. The number of esters is 3. The first-order valence-electron chi connectivity index (χ1n) is 35.3. The fourth-order valence-corrected chi connectivity index (χ4v) is 10.4. The number of carbonyl (C=O) groups excluding carboxylic acids is 3. The molecule has 0 saturated heterocycles. The van der Waals surface area contributed by atoms with Crippen LogP contribution in [-0.4, -0.2) is 37.2 Å². The van der Waals surface area contributed by atoms with Crippen molar-refractivity contribution in [2.45, 2.75) is 380 Å². The number of rotatable bonds is 65. The molecule has 0 spiro atoms. The second-order valence-electron chi connectivity index (χ2n) is 23.8. The van der Waals surface area contributed by atoms with E-state index in [1.165, 1.54) is 244 Å². The first-order chi connectivity index (χ1) is 39.5. The van der Waals surface area contributed by atoms with E-state index in [1.54, 1.807) is 0 Å². The lowest BCUT2D eigenvalue weighted by Gasteiger charge is -2.18. The lowest BCUT2D eigenvalue weighted by molar-refractivity contribution is -0.167. The summed E-state index contributed by atoms with van der Waals surface area (Å²) < 4.78 is 17.0. The molecule has 0 aliphatic heterocycles. The highest BCUT2D eigenvalue weighted by atomic mass is 16.6. The first-order valence-corrected chi connectivity index (χ1v) is 35.3. The molecule has 0 amide bonds. The van der Waals surface area contributed by atoms with Crippen LogP contribution in [-0.2, 0) is 28.6 Å². The summed E-state index contributed by atoms with van der Waals surface area (Å²) in [6.45, 7) is 6.64. The Morgan fingerprint density at radius 3 is 0.738 bits per heavy atom. The predicted molar refractivity (Wildman–Crippen MR) is 348 cm³/mol. The third-order valence-electron chi connectivity index (χ3n) is 15.7. The quantitative estimate of drug-likeness (QED) is 0.0261. The van der Waals surface area contributed by atoms with Crippen molar-refractivity contribution in [3.05, 3.63) is 60.8 Å². The van der Waals surface area contributed by atoms with Gasteiger partial charge in [0.15, 0.2) is 6.10 Å². The van der Waals surface area contributed by atoms with Gasteiger partial charge in [-0.2, -0.15) is 0 Å². The van der Waals surface area contributed by atoms with Crippen LogP contribution in [0, 0.1) is 0 Å². The highest BCUT2D eigenvalue weighted by Gasteiger charge is 2.19. The summed E-state index contributed by atoms with van der Waals surface area (Å²) in [7, 11) is 0. The number of hydrogen-bond donors (Lipinski definition) is 0. The van der Waals surface area contributed by atoms with E-state index in [2.05, 4.69) is 81.5 Å². The summed E-state index contributed by atoms with van der Waals surface area (Å²) in [4.78, 5) is 38.4. The minimum atomic E-state index is -0.780. The molecule has 0 saturated carbocycles. The van der Waals surface area contributed by atoms with Gasteiger partial charge in [-0.1, -0.05) is 332 Å². The molecule has 0 aliphatic rings. The molecular weight excluding hydrogens is 985 g/mol. The zero-order valence-corrected chi connectivity index (χ0v) is 53.6. The van der Waals surface area contributed by atoms with Gasteiger partial charge >= 0.3 is 17.9 Å². The molecule has 0 rings (SSSR count). The van der Waals surface area contributed by atoms with Crippen LogP contribution in [0.5, 0.6) is 0 Å². The maximum atomic E-state index is 13.0. The van der Waals surface area contributed by atoms with Crippen LogP contribution in [0.15, 0.2) is 60.8 Å². The van der Waals surface area contributed by atoms with E-state index in [-0.39, 0.29) is 31.1 Å². The molecule has 0 heterocycles. The fourth-order valence-electron chi connectivity index (χ4n) is 10.4. The summed E-state index contributed by atoms with van der Waals surface area (Å²) >= 11 is 0. The molecule has 6 nitrogen and oxygen atoms in total. The Morgan fingerprint density at radius 1 is 0.250 bits per heavy atom. The van der Waals surface area contributed by atoms with Crippen LogP contribution in [0.2, 0.25) is 0 Å². The van der Waals surface area contributed by atoms with Gasteiger partial charge in [-0.25, -0.2) is 0 Å². The normalized spacial score (nSPS) is 12.4. The third kappa shape index (κ3) is 65.9. The van der Waals surface area contributed by atoms with Crippen LogP contribution in [0.3, 0.4) is 0 Å². The fraction of sp³-hybridized carbons (Fsp3) is 0.824. The van der Waals surface area contributed by atoms with Crippen LogP contribution < -0.4 is 0 Å². The number of ether oxygens (including phenoxy) is 3. The van der Waals surface area contributed by atoms with Crippen LogP contribution in [0.25, 0.3) is 0 Å². The van der Waals surface area contributed by atoms with Crippen molar-refractivity contribution in [1.82, 2.24) is 0 Å². The van der Waals surface area contributed by atoms with Gasteiger partial charge in [0, 0.05) is 19.3 Å². The van der Waals surface area contributed by atoms with Crippen LogP contribution in [0.1, 0.15) is 374 Å². The average molecular weight is 1120 g/mol. The molecular formula is C74H134O6. The largest absolute Gasteiger partial charge is 0.462 e. The van der Waals surface area contributed by atoms with Crippen molar-refractivity contribution in [3.8, 4) is 0 Å². The van der Waals surface area contributed by atoms with Gasteiger partial charge in [0.05, 0.1) is 0 Å². The summed E-state index contributed by atoms with van der Waals surface area (Å²) in [5, 5.41) is 0. The molecule has 0 aromatic rings. The zero-order chi connectivity index (χ0) is 57.8. The summed E-state index contributed by atoms with van der Waals surface area (Å²) in [6.07, 6.45) is 88.2. The smallest absolute Gasteiger partial charge is 0.306 e. The van der Waals surface area contributed by atoms with E-state index in [0.717, 1.165) is 89.9 Å². The third-order valence-corrected chi connectivity index (χ3v) is 15.7. The molecule has 0 aromatic heterocycles. The Kier molecular flexibility index (Phi) is 66.1. The molecule has 6 heteroatoms. The number of hydrogen-bond acceptors (Lipinski definition) is 6. The van der Waals surface area contributed by atoms with Crippen molar-refractivity contribution in [3.63, 3.8) is 0 Å². The standard InChI is InChI=1S/C74H134O6/c1-4-7-10-13-16-19-22-25-28-30-32-34-35-36-37-38-39-41-42-44-46-49-52-55-58-61-64-67-73(76)79-70-71(69-78-72(75)66-63-60-57-54-51-48-27-24-21-18-15-12-9-6-3)80-74(77)68-65-62-59-56-53-50-47-45-43-40-33-31-29-26-23-20-17-14-11-8-5-2/h15,18,22,24-25,27,30,32,35-36,71H,4-14,16-17,19-21,23,26,28-29,31,33-34,37-70H2,1-3H3/b18-15-,25-22-,27-24-,32-30-,36-35-. The SMILES string of the molecule is CCCC/C=C\C/C=C\CCCCCCCC(=O)OCC(COC(=O)CCCCCCCCCCCCCC/C=C\C/C=C\C/C=C\CCCCCCC)OC(=O)CCCCCCCCCCCCCCCCCCCCCCC. The molecule has 0 aromatic carbocycles. The summed E-state index contributed by atoms with van der Waals surface area (Å²) in [6, 6.07) is 0. The van der Waals surface area contributed by atoms with Crippen LogP contribution in [0.4, 0.5) is 0 Å². The Labute approximate surface area is 498 Å². The van der Waals surface area contributed by atoms with Crippen molar-refractivity contribution >= 4 is 17.9 Å². The van der Waals surface area contributed by atoms with Gasteiger partial charge in [0.1, 0.15) is 13.2 Å². The van der Waals surface area contributed by atoms with E-state index in [1.807, 2.05) is 0 Å². The molecule has 0 bridgehead atoms. The maximum absolute atomic E-state index is 13.0. The minimum Gasteiger partial charge on any atom is -0.462 e. The van der Waals surface area contributed by atoms with Crippen LogP contribution >= 0.6 is 0 Å². The lowest BCUT2D eigenvalue weighted by Crippen LogP contribution is -2.30. The summed E-state index contributed by atoms with van der Waals surface area (Å²) in [5.41, 5.74) is 0. The van der Waals surface area contributed by atoms with Gasteiger partial charge in [-0.3, -0.25) is 14.4 Å². The van der Waals surface area contributed by atoms with Gasteiger partial charge in [-0.05, 0) is 83.5 Å². The number of allylic oxidation sites excluding steroid dienone is 10. The van der Waals surface area contributed by atoms with Gasteiger partial charge in [0.25, 0.3) is 0 Å². The Balaban J connectivity index is 4.27. The van der Waals surface area contributed by atoms with E-state index in [4.69, 9.17) is 14.2 Å². The van der Waals surface area contributed by atoms with E-state index in [9.17, 15) is 14.4 Å². The Morgan fingerprint density at radius 2 is 0.463 bits per heavy atom. The highest BCUT2D eigenvalue weighted by Crippen LogP contribution is 2.18. The molecule has 0 radical (unpaired) electrons. The second kappa shape index (κ2) is 68.6. The van der Waals surface area contributed by atoms with E-state index in [0.29, 0.717) is 19.3 Å². The average Bonchev–Trinajstić information content (AvgIpc) is 3.46. The molecule has 0 N–H and O–H groups in total. The number of unbranched alkanes of at least 4 members (excludes halogenated alkanes) is 44. The Bertz CT molecular complexity index is 1430. The first kappa shape index (κ1) is 77.1. The van der Waals surface area contributed by atoms with E-state index >= 15 is 0 Å². The van der Waals surface area contributed by atoms with Crippen molar-refractivity contribution in [2.24, 2.45) is 0 Å². The second-order valence-corrected chi connectivity index (χ2v) is 23.8. The van der Waals surface area contributed by atoms with Crippen molar-refractivity contribution in [1.29, 1.82) is 0 Å². The molecule has 0 aliphatic carbocycles. The maximum Gasteiger partial charge on any atom is 0.306 e. The van der Waals surface area contributed by atoms with Gasteiger partial charge < -0.3 is 14.2 Å². The minimum absolute atomic E-state index is 0.0759. The number of carbonyl (C=O) groups is 3. The van der Waals surface area contributed by atoms with Gasteiger partial charge in [-0.15, -0.1) is 0 Å². The van der Waals surface area contributed by atoms with Crippen molar-refractivity contribution < 1.29 is 28.6 Å². The van der Waals surface area contributed by atoms with E-state index < -0.39 is 6.10 Å². The highest BCUT2D eigenvalue weighted by molar-refractivity contribution is 5.71. The molecule has 466 valence electrons. The lowest BCUT2D eigenvalue weighted by atomic mass is 10.0. The van der Waals surface area contributed by atoms with Gasteiger partial charge in [0.2, 0.25) is 0 Å². The molecule has 1 atom stereocenters. The topological polar surface area (TPSA) is 78.9 Å². The Hall–Kier alpha value is -2.89. The summed E-state index contributed by atoms with van der Waals surface area (Å²) in [5.74, 6) is -0.868. The molecule has 1 unspecified atom stereocenters. The molecule has 0 fully saturated rings. The predicted octanol–water partition coefficient (Wildman–Crippen LogP) is 24.3. The van der Waals surface area contributed by atoms with Crippen molar-refractivity contribution in [2.75, 3.05) is 13.2 Å².